The summed E-state index contributed by atoms with van der Waals surface area (Å²) in [5.41, 5.74) is 2.21. The molecular weight excluding hydrogens is 286 g/mol. The van der Waals surface area contributed by atoms with Crippen molar-refractivity contribution in [1.29, 1.82) is 0 Å². The summed E-state index contributed by atoms with van der Waals surface area (Å²) in [4.78, 5) is 0. The molecule has 0 amide bonds. The third-order valence-corrected chi connectivity index (χ3v) is 3.42. The normalized spacial score (nSPS) is 10.6. The molecule has 0 atom stereocenters. The SMILES string of the molecule is CCCCOc1cccc(NCc2ccccc2OC(C)C)c1. The van der Waals surface area contributed by atoms with Gasteiger partial charge in [0.25, 0.3) is 0 Å². The Kier molecular flexibility index (Phi) is 6.79. The van der Waals surface area contributed by atoms with Gasteiger partial charge in [-0.25, -0.2) is 0 Å². The molecule has 0 aliphatic heterocycles. The number of rotatable bonds is 9. The predicted octanol–water partition coefficient (Wildman–Crippen LogP) is 5.26. The van der Waals surface area contributed by atoms with Crippen LogP contribution in [0.2, 0.25) is 0 Å². The Bertz CT molecular complexity index is 596. The number of anilines is 1. The molecule has 1 N–H and O–H groups in total. The second-order valence-corrected chi connectivity index (χ2v) is 5.86. The fraction of sp³-hybridized carbons (Fsp3) is 0.400. The molecule has 23 heavy (non-hydrogen) atoms. The minimum absolute atomic E-state index is 0.173. The van der Waals surface area contributed by atoms with E-state index in [0.29, 0.717) is 0 Å². The van der Waals surface area contributed by atoms with Gasteiger partial charge in [-0.1, -0.05) is 37.6 Å². The zero-order chi connectivity index (χ0) is 16.5. The first-order valence-corrected chi connectivity index (χ1v) is 8.40. The third kappa shape index (κ3) is 5.85. The smallest absolute Gasteiger partial charge is 0.124 e. The molecule has 2 aromatic carbocycles. The molecular formula is C20H27NO2. The third-order valence-electron chi connectivity index (χ3n) is 3.42. The molecule has 0 saturated heterocycles. The lowest BCUT2D eigenvalue weighted by atomic mass is 10.2. The summed E-state index contributed by atoms with van der Waals surface area (Å²) in [6.07, 6.45) is 2.40. The van der Waals surface area contributed by atoms with Crippen molar-refractivity contribution >= 4 is 5.69 Å². The van der Waals surface area contributed by atoms with Gasteiger partial charge in [-0.05, 0) is 38.5 Å². The van der Waals surface area contributed by atoms with Crippen molar-refractivity contribution in [1.82, 2.24) is 0 Å². The van der Waals surface area contributed by atoms with Crippen molar-refractivity contribution in [2.45, 2.75) is 46.3 Å². The average Bonchev–Trinajstić information content (AvgIpc) is 2.54. The largest absolute Gasteiger partial charge is 0.494 e. The molecule has 2 aromatic rings. The van der Waals surface area contributed by atoms with Gasteiger partial charge in [0.05, 0.1) is 12.7 Å². The van der Waals surface area contributed by atoms with Crippen LogP contribution in [-0.2, 0) is 6.54 Å². The second-order valence-electron chi connectivity index (χ2n) is 5.86. The van der Waals surface area contributed by atoms with Crippen LogP contribution in [0.1, 0.15) is 39.2 Å². The molecule has 0 aliphatic rings. The summed E-state index contributed by atoms with van der Waals surface area (Å²) in [6, 6.07) is 16.3. The predicted molar refractivity (Wildman–Crippen MR) is 96.4 cm³/mol. The van der Waals surface area contributed by atoms with Gasteiger partial charge < -0.3 is 14.8 Å². The number of ether oxygens (including phenoxy) is 2. The maximum absolute atomic E-state index is 5.86. The molecule has 0 saturated carbocycles. The van der Waals surface area contributed by atoms with E-state index in [1.165, 1.54) is 0 Å². The van der Waals surface area contributed by atoms with Crippen molar-refractivity contribution in [2.24, 2.45) is 0 Å². The molecule has 0 bridgehead atoms. The lowest BCUT2D eigenvalue weighted by Crippen LogP contribution is -2.09. The minimum Gasteiger partial charge on any atom is -0.494 e. The molecule has 0 radical (unpaired) electrons. The van der Waals surface area contributed by atoms with Crippen molar-refractivity contribution < 1.29 is 9.47 Å². The topological polar surface area (TPSA) is 30.5 Å². The summed E-state index contributed by atoms with van der Waals surface area (Å²) in [5.74, 6) is 1.85. The number of nitrogens with one attached hydrogen (secondary N) is 1. The van der Waals surface area contributed by atoms with E-state index in [9.17, 15) is 0 Å². The van der Waals surface area contributed by atoms with Gasteiger partial charge in [-0.3, -0.25) is 0 Å². The lowest BCUT2D eigenvalue weighted by molar-refractivity contribution is 0.240. The van der Waals surface area contributed by atoms with Crippen LogP contribution in [0.3, 0.4) is 0 Å². The number of unbranched alkanes of at least 4 members (excludes halogenated alkanes) is 1. The molecule has 3 heteroatoms. The Morgan fingerprint density at radius 2 is 1.87 bits per heavy atom. The number of benzene rings is 2. The first kappa shape index (κ1) is 17.2. The van der Waals surface area contributed by atoms with Gasteiger partial charge >= 0.3 is 0 Å². The maximum Gasteiger partial charge on any atom is 0.124 e. The molecule has 2 rings (SSSR count). The molecule has 0 aromatic heterocycles. The summed E-state index contributed by atoms with van der Waals surface area (Å²) in [5, 5.41) is 3.45. The Morgan fingerprint density at radius 1 is 1.04 bits per heavy atom. The molecule has 3 nitrogen and oxygen atoms in total. The van der Waals surface area contributed by atoms with E-state index in [4.69, 9.17) is 9.47 Å². The summed E-state index contributed by atoms with van der Waals surface area (Å²) >= 11 is 0. The van der Waals surface area contributed by atoms with Gasteiger partial charge in [0, 0.05) is 23.9 Å². The number of hydrogen-bond acceptors (Lipinski definition) is 3. The zero-order valence-electron chi connectivity index (χ0n) is 14.3. The highest BCUT2D eigenvalue weighted by molar-refractivity contribution is 5.49. The van der Waals surface area contributed by atoms with Gasteiger partial charge in [-0.15, -0.1) is 0 Å². The van der Waals surface area contributed by atoms with E-state index in [-0.39, 0.29) is 6.10 Å². The molecule has 0 aliphatic carbocycles. The Morgan fingerprint density at radius 3 is 2.65 bits per heavy atom. The fourth-order valence-corrected chi connectivity index (χ4v) is 2.25. The van der Waals surface area contributed by atoms with Crippen LogP contribution in [0.5, 0.6) is 11.5 Å². The van der Waals surface area contributed by atoms with Crippen molar-refractivity contribution in [3.05, 3.63) is 54.1 Å². The average molecular weight is 313 g/mol. The highest BCUT2D eigenvalue weighted by atomic mass is 16.5. The minimum atomic E-state index is 0.173. The monoisotopic (exact) mass is 313 g/mol. The molecule has 0 fully saturated rings. The van der Waals surface area contributed by atoms with Crippen LogP contribution < -0.4 is 14.8 Å². The quantitative estimate of drug-likeness (QED) is 0.640. The lowest BCUT2D eigenvalue weighted by Gasteiger charge is -2.15. The highest BCUT2D eigenvalue weighted by Crippen LogP contribution is 2.22. The number of hydrogen-bond donors (Lipinski definition) is 1. The van der Waals surface area contributed by atoms with Crippen molar-refractivity contribution in [2.75, 3.05) is 11.9 Å². The zero-order valence-corrected chi connectivity index (χ0v) is 14.3. The molecule has 0 spiro atoms. The van der Waals surface area contributed by atoms with E-state index in [1.807, 2.05) is 50.2 Å². The Balaban J connectivity index is 1.97. The Labute approximate surface area is 139 Å². The van der Waals surface area contributed by atoms with E-state index < -0.39 is 0 Å². The van der Waals surface area contributed by atoms with Gasteiger partial charge in [0.1, 0.15) is 11.5 Å². The molecule has 0 heterocycles. The molecule has 124 valence electrons. The van der Waals surface area contributed by atoms with Crippen molar-refractivity contribution in [3.63, 3.8) is 0 Å². The van der Waals surface area contributed by atoms with Crippen molar-refractivity contribution in [3.8, 4) is 11.5 Å². The van der Waals surface area contributed by atoms with Gasteiger partial charge in [0.2, 0.25) is 0 Å². The van der Waals surface area contributed by atoms with E-state index >= 15 is 0 Å². The standard InChI is InChI=1S/C20H27NO2/c1-4-5-13-22-19-11-8-10-18(14-19)21-15-17-9-6-7-12-20(17)23-16(2)3/h6-12,14,16,21H,4-5,13,15H2,1-3H3. The Hall–Kier alpha value is -2.16. The van der Waals surface area contributed by atoms with Gasteiger partial charge in [-0.2, -0.15) is 0 Å². The van der Waals surface area contributed by atoms with Gasteiger partial charge in [0.15, 0.2) is 0 Å². The number of para-hydroxylation sites is 1. The summed E-state index contributed by atoms with van der Waals surface area (Å²) in [7, 11) is 0. The van der Waals surface area contributed by atoms with Crippen LogP contribution in [-0.4, -0.2) is 12.7 Å². The maximum atomic E-state index is 5.86. The van der Waals surface area contributed by atoms with Crippen LogP contribution in [0.25, 0.3) is 0 Å². The van der Waals surface area contributed by atoms with Crippen LogP contribution in [0, 0.1) is 0 Å². The van der Waals surface area contributed by atoms with Crippen LogP contribution in [0.4, 0.5) is 5.69 Å². The second kappa shape index (κ2) is 9.09. The summed E-state index contributed by atoms with van der Waals surface area (Å²) in [6.45, 7) is 7.74. The fourth-order valence-electron chi connectivity index (χ4n) is 2.25. The van der Waals surface area contributed by atoms with Crippen LogP contribution in [0.15, 0.2) is 48.5 Å². The van der Waals surface area contributed by atoms with E-state index in [1.54, 1.807) is 0 Å². The highest BCUT2D eigenvalue weighted by Gasteiger charge is 2.05. The van der Waals surface area contributed by atoms with E-state index in [2.05, 4.69) is 24.4 Å². The first-order chi connectivity index (χ1) is 11.2. The molecule has 0 unspecified atom stereocenters. The summed E-state index contributed by atoms with van der Waals surface area (Å²) < 4.78 is 11.6. The first-order valence-electron chi connectivity index (χ1n) is 8.40. The van der Waals surface area contributed by atoms with Crippen LogP contribution >= 0.6 is 0 Å². The van der Waals surface area contributed by atoms with E-state index in [0.717, 1.165) is 48.7 Å².